The molecule has 1 saturated heterocycles. The smallest absolute Gasteiger partial charge is 0.161 e. The third-order valence-corrected chi connectivity index (χ3v) is 5.45. The molecule has 1 heterocycles. The molecule has 2 aliphatic rings. The maximum Gasteiger partial charge on any atom is 0.161 e. The van der Waals surface area contributed by atoms with Gasteiger partial charge in [-0.25, -0.2) is 0 Å². The summed E-state index contributed by atoms with van der Waals surface area (Å²) in [4.78, 5) is 0. The summed E-state index contributed by atoms with van der Waals surface area (Å²) in [5.74, 6) is 5.99. The van der Waals surface area contributed by atoms with Crippen LogP contribution in [0.2, 0.25) is 19.6 Å². The standard InChI is InChI=1S/C20H28O3Si/c1-6-21-18-12-16-14(9-11-24(3,4)5)15-8-10-23-20(15)17(16)13-19(18)22-7-2/h12-15,20H,6-8,10H2,1-5H3/t14-,15-,20-/m0/s1. The summed E-state index contributed by atoms with van der Waals surface area (Å²) < 4.78 is 17.7. The van der Waals surface area contributed by atoms with Crippen LogP contribution in [0.25, 0.3) is 0 Å². The van der Waals surface area contributed by atoms with E-state index in [1.165, 1.54) is 11.1 Å². The van der Waals surface area contributed by atoms with E-state index >= 15 is 0 Å². The molecule has 1 aliphatic carbocycles. The Hall–Kier alpha value is -1.44. The van der Waals surface area contributed by atoms with Gasteiger partial charge in [-0.15, -0.1) is 11.5 Å². The minimum atomic E-state index is -1.40. The Morgan fingerprint density at radius 2 is 1.71 bits per heavy atom. The van der Waals surface area contributed by atoms with Crippen molar-refractivity contribution in [3.05, 3.63) is 23.3 Å². The van der Waals surface area contributed by atoms with Crippen LogP contribution >= 0.6 is 0 Å². The first-order valence-electron chi connectivity index (χ1n) is 9.02. The molecule has 0 unspecified atom stereocenters. The fraction of sp³-hybridized carbons (Fsp3) is 0.600. The molecular formula is C20H28O3Si. The summed E-state index contributed by atoms with van der Waals surface area (Å²) in [5, 5.41) is 0. The van der Waals surface area contributed by atoms with Crippen molar-refractivity contribution in [3.63, 3.8) is 0 Å². The molecule has 0 amide bonds. The highest BCUT2D eigenvalue weighted by molar-refractivity contribution is 6.83. The quantitative estimate of drug-likeness (QED) is 0.593. The van der Waals surface area contributed by atoms with E-state index in [0.717, 1.165) is 24.5 Å². The highest BCUT2D eigenvalue weighted by atomic mass is 28.3. The van der Waals surface area contributed by atoms with E-state index in [4.69, 9.17) is 14.2 Å². The van der Waals surface area contributed by atoms with Crippen LogP contribution in [0, 0.1) is 17.4 Å². The molecule has 24 heavy (non-hydrogen) atoms. The van der Waals surface area contributed by atoms with E-state index in [-0.39, 0.29) is 12.0 Å². The summed E-state index contributed by atoms with van der Waals surface area (Å²) in [5.41, 5.74) is 6.10. The third kappa shape index (κ3) is 3.33. The minimum Gasteiger partial charge on any atom is -0.490 e. The average Bonchev–Trinajstić information content (AvgIpc) is 3.07. The number of hydrogen-bond donors (Lipinski definition) is 0. The van der Waals surface area contributed by atoms with E-state index in [1.807, 2.05) is 13.8 Å². The van der Waals surface area contributed by atoms with Crippen LogP contribution in [0.5, 0.6) is 11.5 Å². The molecule has 4 heteroatoms. The zero-order chi connectivity index (χ0) is 17.3. The number of hydrogen-bond acceptors (Lipinski definition) is 3. The molecule has 3 atom stereocenters. The molecule has 130 valence electrons. The normalized spacial score (nSPS) is 24.8. The van der Waals surface area contributed by atoms with Gasteiger partial charge in [0, 0.05) is 12.5 Å². The zero-order valence-corrected chi connectivity index (χ0v) is 16.4. The fourth-order valence-corrected chi connectivity index (χ4v) is 4.21. The van der Waals surface area contributed by atoms with Gasteiger partial charge >= 0.3 is 0 Å². The predicted molar refractivity (Wildman–Crippen MR) is 99.4 cm³/mol. The lowest BCUT2D eigenvalue weighted by molar-refractivity contribution is 0.0974. The molecular weight excluding hydrogens is 316 g/mol. The highest BCUT2D eigenvalue weighted by Crippen LogP contribution is 2.54. The molecule has 0 spiro atoms. The number of rotatable bonds is 4. The van der Waals surface area contributed by atoms with Gasteiger partial charge in [-0.1, -0.05) is 19.6 Å². The number of fused-ring (bicyclic) bond motifs is 3. The Labute approximate surface area is 146 Å². The fourth-order valence-electron chi connectivity index (χ4n) is 3.62. The first-order chi connectivity index (χ1) is 11.4. The predicted octanol–water partition coefficient (Wildman–Crippen LogP) is 4.54. The molecule has 1 fully saturated rings. The molecule has 3 rings (SSSR count). The van der Waals surface area contributed by atoms with Gasteiger partial charge in [-0.2, -0.15) is 0 Å². The second-order valence-corrected chi connectivity index (χ2v) is 12.3. The van der Waals surface area contributed by atoms with Gasteiger partial charge < -0.3 is 14.2 Å². The molecule has 0 N–H and O–H groups in total. The Morgan fingerprint density at radius 1 is 1.08 bits per heavy atom. The Kier molecular flexibility index (Phi) is 4.94. The summed E-state index contributed by atoms with van der Waals surface area (Å²) in [6, 6.07) is 4.28. The van der Waals surface area contributed by atoms with E-state index < -0.39 is 8.07 Å². The van der Waals surface area contributed by atoms with Crippen molar-refractivity contribution in [3.8, 4) is 23.0 Å². The average molecular weight is 345 g/mol. The largest absolute Gasteiger partial charge is 0.490 e. The van der Waals surface area contributed by atoms with Gasteiger partial charge in [0.1, 0.15) is 8.07 Å². The summed E-state index contributed by atoms with van der Waals surface area (Å²) in [7, 11) is -1.40. The summed E-state index contributed by atoms with van der Waals surface area (Å²) in [6.07, 6.45) is 1.24. The van der Waals surface area contributed by atoms with Crippen LogP contribution in [-0.4, -0.2) is 27.9 Å². The number of benzene rings is 1. The molecule has 0 radical (unpaired) electrons. The van der Waals surface area contributed by atoms with E-state index in [9.17, 15) is 0 Å². The van der Waals surface area contributed by atoms with Crippen LogP contribution < -0.4 is 9.47 Å². The maximum absolute atomic E-state index is 6.05. The summed E-state index contributed by atoms with van der Waals surface area (Å²) in [6.45, 7) is 13.0. The van der Waals surface area contributed by atoms with Gasteiger partial charge in [0.05, 0.1) is 25.2 Å². The molecule has 1 aromatic carbocycles. The van der Waals surface area contributed by atoms with Crippen molar-refractivity contribution >= 4 is 8.07 Å². The zero-order valence-electron chi connectivity index (χ0n) is 15.4. The van der Waals surface area contributed by atoms with Gasteiger partial charge in [0.25, 0.3) is 0 Å². The van der Waals surface area contributed by atoms with Gasteiger partial charge in [-0.05, 0) is 43.5 Å². The second-order valence-electron chi connectivity index (χ2n) is 7.53. The third-order valence-electron chi connectivity index (χ3n) is 4.56. The second kappa shape index (κ2) is 6.82. The Bertz CT molecular complexity index is 666. The first kappa shape index (κ1) is 17.4. The molecule has 3 nitrogen and oxygen atoms in total. The van der Waals surface area contributed by atoms with Crippen molar-refractivity contribution < 1.29 is 14.2 Å². The van der Waals surface area contributed by atoms with Crippen LogP contribution in [0.3, 0.4) is 0 Å². The number of ether oxygens (including phenoxy) is 3. The van der Waals surface area contributed by atoms with Crippen LogP contribution in [-0.2, 0) is 4.74 Å². The molecule has 1 aromatic rings. The first-order valence-corrected chi connectivity index (χ1v) is 12.5. The van der Waals surface area contributed by atoms with Gasteiger partial charge in [0.2, 0.25) is 0 Å². The Balaban J connectivity index is 2.06. The van der Waals surface area contributed by atoms with Gasteiger partial charge in [0.15, 0.2) is 11.5 Å². The minimum absolute atomic E-state index is 0.163. The van der Waals surface area contributed by atoms with Crippen molar-refractivity contribution in [2.45, 2.75) is 51.9 Å². The summed E-state index contributed by atoms with van der Waals surface area (Å²) >= 11 is 0. The van der Waals surface area contributed by atoms with Crippen LogP contribution in [0.15, 0.2) is 12.1 Å². The lowest BCUT2D eigenvalue weighted by atomic mass is 9.91. The van der Waals surface area contributed by atoms with Crippen molar-refractivity contribution in [1.82, 2.24) is 0 Å². The monoisotopic (exact) mass is 344 g/mol. The highest BCUT2D eigenvalue weighted by Gasteiger charge is 2.44. The molecule has 0 bridgehead atoms. The molecule has 0 aromatic heterocycles. The lowest BCUT2D eigenvalue weighted by Crippen LogP contribution is -2.17. The maximum atomic E-state index is 6.05. The van der Waals surface area contributed by atoms with Crippen molar-refractivity contribution in [2.24, 2.45) is 5.92 Å². The molecule has 0 saturated carbocycles. The van der Waals surface area contributed by atoms with E-state index in [2.05, 4.69) is 43.2 Å². The lowest BCUT2D eigenvalue weighted by Gasteiger charge is -2.16. The SMILES string of the molecule is CCOc1cc2c(cc1OCC)[C@H]1OCC[C@H]1[C@@H]2C#C[Si](C)(C)C. The molecule has 1 aliphatic heterocycles. The van der Waals surface area contributed by atoms with Crippen LogP contribution in [0.4, 0.5) is 0 Å². The Morgan fingerprint density at radius 3 is 2.29 bits per heavy atom. The van der Waals surface area contributed by atoms with Crippen molar-refractivity contribution in [2.75, 3.05) is 19.8 Å². The van der Waals surface area contributed by atoms with E-state index in [0.29, 0.717) is 19.1 Å². The van der Waals surface area contributed by atoms with Crippen LogP contribution in [0.1, 0.15) is 43.4 Å². The van der Waals surface area contributed by atoms with Gasteiger partial charge in [-0.3, -0.25) is 0 Å². The van der Waals surface area contributed by atoms with Crippen molar-refractivity contribution in [1.29, 1.82) is 0 Å². The topological polar surface area (TPSA) is 27.7 Å². The van der Waals surface area contributed by atoms with E-state index in [1.54, 1.807) is 0 Å².